The first-order valence-electron chi connectivity index (χ1n) is 13.7. The van der Waals surface area contributed by atoms with Gasteiger partial charge in [-0.1, -0.05) is 59.6 Å². The number of aliphatic hydroxyl groups is 2. The van der Waals surface area contributed by atoms with Crippen molar-refractivity contribution in [3.63, 3.8) is 0 Å². The third-order valence-electron chi connectivity index (χ3n) is 7.77. The molecule has 1 aliphatic carbocycles. The Morgan fingerprint density at radius 3 is 2.63 bits per heavy atom. The number of furan rings is 1. The van der Waals surface area contributed by atoms with Gasteiger partial charge in [0.15, 0.2) is 17.1 Å². The number of nitrogens with one attached hydrogen (secondary N) is 1. The van der Waals surface area contributed by atoms with Gasteiger partial charge in [-0.2, -0.15) is 0 Å². The van der Waals surface area contributed by atoms with Gasteiger partial charge in [0.2, 0.25) is 5.91 Å². The Morgan fingerprint density at radius 1 is 1.05 bits per heavy atom. The number of hydrogen-bond acceptors (Lipinski definition) is 7. The number of carbonyl (C=O) groups is 2. The lowest BCUT2D eigenvalue weighted by molar-refractivity contribution is -0.118. The van der Waals surface area contributed by atoms with Crippen molar-refractivity contribution < 1.29 is 33.7 Å². The van der Waals surface area contributed by atoms with Gasteiger partial charge < -0.3 is 34.3 Å². The number of fused-ring (bicyclic) bond motifs is 4. The van der Waals surface area contributed by atoms with Gasteiger partial charge in [-0.25, -0.2) is 0 Å². The van der Waals surface area contributed by atoms with Gasteiger partial charge in [0.25, 0.3) is 5.91 Å². The van der Waals surface area contributed by atoms with Gasteiger partial charge in [-0.15, -0.1) is 0 Å². The molecule has 0 fully saturated rings. The van der Waals surface area contributed by atoms with Crippen molar-refractivity contribution in [1.29, 1.82) is 0 Å². The summed E-state index contributed by atoms with van der Waals surface area (Å²) in [5, 5.41) is 25.2. The van der Waals surface area contributed by atoms with Crippen LogP contribution in [-0.4, -0.2) is 65.4 Å². The standard InChI is InChI=1S/C32H28Cl2N2O7/c1-41-25-8-4-5-18-14-26(43-29(18)25)32(40)36(16-17-9-10-21(33)22(34)13-17)23-15-20(31(39)35-11-12-37)27-19-6-2-3-7-24(19)42-30(27)28(23)38/h2-10,13-15,23,27-28,30,37-38H,11-12,16H2,1H3,(H,35,39). The van der Waals surface area contributed by atoms with Crippen LogP contribution in [0.2, 0.25) is 10.0 Å². The highest BCUT2D eigenvalue weighted by molar-refractivity contribution is 6.42. The Hall–Kier alpha value is -4.02. The van der Waals surface area contributed by atoms with E-state index in [9.17, 15) is 19.8 Å². The van der Waals surface area contributed by atoms with Crippen LogP contribution in [0.3, 0.4) is 0 Å². The van der Waals surface area contributed by atoms with Crippen LogP contribution in [-0.2, 0) is 11.3 Å². The molecule has 0 saturated carbocycles. The normalized spacial score (nSPS) is 20.5. The van der Waals surface area contributed by atoms with Crippen LogP contribution in [0.5, 0.6) is 11.5 Å². The number of halogens is 2. The molecule has 9 nitrogen and oxygen atoms in total. The maximum atomic E-state index is 14.3. The maximum absolute atomic E-state index is 14.3. The van der Waals surface area contributed by atoms with E-state index in [1.807, 2.05) is 18.2 Å². The summed E-state index contributed by atoms with van der Waals surface area (Å²) in [5.74, 6) is -0.522. The average Bonchev–Trinajstić information content (AvgIpc) is 3.63. The molecule has 4 aromatic rings. The first-order valence-corrected chi connectivity index (χ1v) is 14.4. The molecule has 3 N–H and O–H groups in total. The molecule has 43 heavy (non-hydrogen) atoms. The van der Waals surface area contributed by atoms with Crippen molar-refractivity contribution in [3.8, 4) is 11.5 Å². The Morgan fingerprint density at radius 2 is 1.86 bits per heavy atom. The highest BCUT2D eigenvalue weighted by Gasteiger charge is 2.50. The second-order valence-corrected chi connectivity index (χ2v) is 11.2. The third kappa shape index (κ3) is 5.34. The molecule has 1 aromatic heterocycles. The van der Waals surface area contributed by atoms with E-state index in [0.717, 1.165) is 5.56 Å². The lowest BCUT2D eigenvalue weighted by Crippen LogP contribution is -2.55. The first kappa shape index (κ1) is 29.1. The summed E-state index contributed by atoms with van der Waals surface area (Å²) in [5.41, 5.74) is 2.11. The number of amides is 2. The predicted octanol–water partition coefficient (Wildman–Crippen LogP) is 4.71. The summed E-state index contributed by atoms with van der Waals surface area (Å²) in [6, 6.07) is 18.2. The molecule has 222 valence electrons. The van der Waals surface area contributed by atoms with Crippen LogP contribution in [0.4, 0.5) is 0 Å². The number of aliphatic hydroxyl groups excluding tert-OH is 2. The Kier molecular flexibility index (Phi) is 8.07. The van der Waals surface area contributed by atoms with Crippen LogP contribution < -0.4 is 14.8 Å². The van der Waals surface area contributed by atoms with Crippen molar-refractivity contribution in [3.05, 3.63) is 105 Å². The van der Waals surface area contributed by atoms with Crippen molar-refractivity contribution in [2.45, 2.75) is 30.7 Å². The van der Waals surface area contributed by atoms with E-state index >= 15 is 0 Å². The quantitative estimate of drug-likeness (QED) is 0.260. The number of rotatable bonds is 8. The minimum Gasteiger partial charge on any atom is -0.493 e. The van der Waals surface area contributed by atoms with Crippen molar-refractivity contribution >= 4 is 46.0 Å². The van der Waals surface area contributed by atoms with Crippen LogP contribution in [0, 0.1) is 0 Å². The monoisotopic (exact) mass is 622 g/mol. The minimum absolute atomic E-state index is 0.00198. The molecule has 2 aliphatic rings. The summed E-state index contributed by atoms with van der Waals surface area (Å²) in [6.07, 6.45) is -0.484. The highest BCUT2D eigenvalue weighted by Crippen LogP contribution is 2.47. The topological polar surface area (TPSA) is 121 Å². The first-order chi connectivity index (χ1) is 20.8. The number of nitrogens with zero attached hydrogens (tertiary/aromatic N) is 1. The molecule has 2 amide bonds. The fourth-order valence-corrected chi connectivity index (χ4v) is 6.10. The smallest absolute Gasteiger partial charge is 0.290 e. The van der Waals surface area contributed by atoms with Crippen molar-refractivity contribution in [2.75, 3.05) is 20.3 Å². The summed E-state index contributed by atoms with van der Waals surface area (Å²) in [4.78, 5) is 29.2. The molecular weight excluding hydrogens is 595 g/mol. The molecule has 0 radical (unpaired) electrons. The van der Waals surface area contributed by atoms with Gasteiger partial charge in [-0.3, -0.25) is 9.59 Å². The van der Waals surface area contributed by atoms with Crippen molar-refractivity contribution in [2.24, 2.45) is 0 Å². The van der Waals surface area contributed by atoms with Gasteiger partial charge in [0.05, 0.1) is 35.7 Å². The molecule has 2 heterocycles. The van der Waals surface area contributed by atoms with Crippen LogP contribution in [0.15, 0.2) is 82.8 Å². The van der Waals surface area contributed by atoms with E-state index in [4.69, 9.17) is 37.1 Å². The molecule has 1 aliphatic heterocycles. The molecule has 0 bridgehead atoms. The SMILES string of the molecule is COc1cccc2cc(C(=O)N(Cc3ccc(Cl)c(Cl)c3)C3C=C(C(=O)NCCO)C4c5ccccc5OC4C3O)oc12. The van der Waals surface area contributed by atoms with Gasteiger partial charge in [0, 0.05) is 29.6 Å². The fraction of sp³-hybridized carbons (Fsp3) is 0.250. The lowest BCUT2D eigenvalue weighted by atomic mass is 9.77. The van der Waals surface area contributed by atoms with E-state index in [1.54, 1.807) is 54.6 Å². The molecule has 6 rings (SSSR count). The maximum Gasteiger partial charge on any atom is 0.290 e. The molecular formula is C32H28Cl2N2O7. The summed E-state index contributed by atoms with van der Waals surface area (Å²) in [7, 11) is 1.51. The second-order valence-electron chi connectivity index (χ2n) is 10.4. The van der Waals surface area contributed by atoms with Gasteiger partial charge >= 0.3 is 0 Å². The zero-order valence-electron chi connectivity index (χ0n) is 23.0. The summed E-state index contributed by atoms with van der Waals surface area (Å²) in [6.45, 7) is -0.211. The van der Waals surface area contributed by atoms with Gasteiger partial charge in [0.1, 0.15) is 18.0 Å². The fourth-order valence-electron chi connectivity index (χ4n) is 5.78. The molecule has 4 atom stereocenters. The largest absolute Gasteiger partial charge is 0.493 e. The molecule has 0 spiro atoms. The molecule has 3 aromatic carbocycles. The third-order valence-corrected chi connectivity index (χ3v) is 8.51. The lowest BCUT2D eigenvalue weighted by Gasteiger charge is -2.40. The molecule has 4 unspecified atom stereocenters. The Labute approximate surface area is 257 Å². The van der Waals surface area contributed by atoms with Gasteiger partial charge in [-0.05, 0) is 42.0 Å². The number of ether oxygens (including phenoxy) is 2. The number of para-hydroxylation sites is 2. The van der Waals surface area contributed by atoms with E-state index in [1.165, 1.54) is 12.0 Å². The second kappa shape index (κ2) is 11.9. The van der Waals surface area contributed by atoms with Crippen LogP contribution in [0.1, 0.15) is 27.6 Å². The van der Waals surface area contributed by atoms with E-state index in [-0.39, 0.29) is 25.5 Å². The Bertz CT molecular complexity index is 1740. The van der Waals surface area contributed by atoms with Crippen molar-refractivity contribution in [1.82, 2.24) is 10.2 Å². The Balaban J connectivity index is 1.46. The number of methoxy groups -OCH3 is 1. The van der Waals surface area contributed by atoms with Crippen LogP contribution in [0.25, 0.3) is 11.0 Å². The average molecular weight is 623 g/mol. The number of hydrogen-bond donors (Lipinski definition) is 3. The molecule has 11 heteroatoms. The van der Waals surface area contributed by atoms with E-state index in [0.29, 0.717) is 43.7 Å². The number of benzene rings is 3. The predicted molar refractivity (Wildman–Crippen MR) is 161 cm³/mol. The summed E-state index contributed by atoms with van der Waals surface area (Å²) < 4.78 is 17.6. The zero-order valence-corrected chi connectivity index (χ0v) is 24.5. The van der Waals surface area contributed by atoms with E-state index < -0.39 is 36.0 Å². The minimum atomic E-state index is -1.22. The zero-order chi connectivity index (χ0) is 30.2. The molecule has 0 saturated heterocycles. The highest BCUT2D eigenvalue weighted by atomic mass is 35.5. The summed E-state index contributed by atoms with van der Waals surface area (Å²) >= 11 is 12.5. The van der Waals surface area contributed by atoms with E-state index in [2.05, 4.69) is 5.32 Å². The van der Waals surface area contributed by atoms with Crippen LogP contribution >= 0.6 is 23.2 Å². The number of carbonyl (C=O) groups excluding carboxylic acids is 2.